The third-order valence-electron chi connectivity index (χ3n) is 2.05. The molecule has 0 aromatic heterocycles. The van der Waals surface area contributed by atoms with Crippen molar-refractivity contribution in [2.45, 2.75) is 30.9 Å². The summed E-state index contributed by atoms with van der Waals surface area (Å²) in [5.41, 5.74) is -6.71. The molecule has 0 aromatic rings. The van der Waals surface area contributed by atoms with E-state index in [1.165, 1.54) is 0 Å². The van der Waals surface area contributed by atoms with E-state index >= 15 is 0 Å². The zero-order valence-electron chi connectivity index (χ0n) is 9.63. The fourth-order valence-electron chi connectivity index (χ4n) is 0.863. The Labute approximate surface area is 106 Å². The highest BCUT2D eigenvalue weighted by atomic mass is 19.4. The quantitative estimate of drug-likeness (QED) is 0.450. The molecule has 0 bridgehead atoms. The summed E-state index contributed by atoms with van der Waals surface area (Å²) in [5.74, 6) is -8.54. The molecule has 0 aliphatic rings. The first kappa shape index (κ1) is 18.6. The van der Waals surface area contributed by atoms with Crippen molar-refractivity contribution >= 4 is 5.97 Å². The topological polar surface area (TPSA) is 26.3 Å². The molecule has 20 heavy (non-hydrogen) atoms. The van der Waals surface area contributed by atoms with Crippen LogP contribution in [0.4, 0.5) is 39.5 Å². The van der Waals surface area contributed by atoms with E-state index in [0.717, 1.165) is 6.92 Å². The molecule has 0 saturated carbocycles. The molecule has 1 unspecified atom stereocenters. The Hall–Kier alpha value is -1.42. The molecule has 11 heteroatoms. The molecule has 0 radical (unpaired) electrons. The van der Waals surface area contributed by atoms with Crippen LogP contribution in [0.2, 0.25) is 0 Å². The van der Waals surface area contributed by atoms with E-state index in [0.29, 0.717) is 0 Å². The van der Waals surface area contributed by atoms with Crippen LogP contribution in [0.3, 0.4) is 0 Å². The van der Waals surface area contributed by atoms with Gasteiger partial charge in [0.1, 0.15) is 6.61 Å². The largest absolute Gasteiger partial charge is 0.458 e. The van der Waals surface area contributed by atoms with Crippen LogP contribution >= 0.6 is 0 Å². The lowest BCUT2D eigenvalue weighted by molar-refractivity contribution is -0.388. The number of ether oxygens (including phenoxy) is 1. The highest BCUT2D eigenvalue weighted by Crippen LogP contribution is 2.52. The van der Waals surface area contributed by atoms with Gasteiger partial charge in [-0.2, -0.15) is 35.1 Å². The number of hydrogen-bond donors (Lipinski definition) is 0. The van der Waals surface area contributed by atoms with Gasteiger partial charge in [0, 0.05) is 5.57 Å². The average molecular weight is 318 g/mol. The average Bonchev–Trinajstić information content (AvgIpc) is 2.21. The first-order chi connectivity index (χ1) is 8.58. The Balaban J connectivity index is 5.57. The summed E-state index contributed by atoms with van der Waals surface area (Å²) in [5, 5.41) is 0. The first-order valence-electron chi connectivity index (χ1n) is 4.60. The van der Waals surface area contributed by atoms with Crippen LogP contribution in [0.5, 0.6) is 0 Å². The summed E-state index contributed by atoms with van der Waals surface area (Å²) < 4.78 is 114. The number of halogens is 9. The van der Waals surface area contributed by atoms with E-state index in [2.05, 4.69) is 11.3 Å². The summed E-state index contributed by atoms with van der Waals surface area (Å²) in [6.45, 7) is 0.861. The van der Waals surface area contributed by atoms with E-state index in [1.54, 1.807) is 0 Å². The van der Waals surface area contributed by atoms with Crippen molar-refractivity contribution < 1.29 is 49.0 Å². The maximum atomic E-state index is 13.3. The summed E-state index contributed by atoms with van der Waals surface area (Å²) in [7, 11) is 0. The van der Waals surface area contributed by atoms with Crippen LogP contribution in [0.25, 0.3) is 0 Å². The van der Waals surface area contributed by atoms with Crippen LogP contribution < -0.4 is 0 Å². The minimum absolute atomic E-state index is 0.607. The number of carbonyl (C=O) groups excluding carboxylic acids is 1. The number of rotatable bonds is 4. The normalized spacial score (nSPS) is 16.5. The van der Waals surface area contributed by atoms with Crippen LogP contribution in [0.1, 0.15) is 6.92 Å². The fraction of sp³-hybridized carbons (Fsp3) is 0.667. The summed E-state index contributed by atoms with van der Waals surface area (Å²) in [6.07, 6.45) is -13.5. The predicted octanol–water partition coefficient (Wildman–Crippen LogP) is 3.57. The van der Waals surface area contributed by atoms with Crippen molar-refractivity contribution in [1.82, 2.24) is 0 Å². The number of esters is 1. The maximum Gasteiger partial charge on any atom is 0.457 e. The van der Waals surface area contributed by atoms with Gasteiger partial charge in [0.05, 0.1) is 0 Å². The van der Waals surface area contributed by atoms with Crippen LogP contribution in [-0.2, 0) is 9.53 Å². The standard InChI is InChI=1S/C9H7F9O2/c1-4(2)5(19)20-3-6(10,8(13,14)15)7(11,12)9(16,17)18/h1,3H2,2H3. The molecule has 0 amide bonds. The molecular formula is C9H7F9O2. The summed E-state index contributed by atoms with van der Waals surface area (Å²) in [6, 6.07) is 0. The minimum Gasteiger partial charge on any atom is -0.458 e. The van der Waals surface area contributed by atoms with E-state index in [1.807, 2.05) is 0 Å². The predicted molar refractivity (Wildman–Crippen MR) is 46.7 cm³/mol. The second-order valence-corrected chi connectivity index (χ2v) is 3.73. The lowest BCUT2D eigenvalue weighted by Crippen LogP contribution is -2.64. The molecule has 0 fully saturated rings. The molecule has 0 spiro atoms. The van der Waals surface area contributed by atoms with Gasteiger partial charge in [-0.05, 0) is 6.92 Å². The lowest BCUT2D eigenvalue weighted by atomic mass is 9.97. The molecule has 118 valence electrons. The smallest absolute Gasteiger partial charge is 0.457 e. The molecular weight excluding hydrogens is 311 g/mol. The zero-order valence-corrected chi connectivity index (χ0v) is 9.63. The van der Waals surface area contributed by atoms with Crippen molar-refractivity contribution in [2.75, 3.05) is 6.61 Å². The van der Waals surface area contributed by atoms with Crippen molar-refractivity contribution in [2.24, 2.45) is 0 Å². The van der Waals surface area contributed by atoms with Crippen LogP contribution in [-0.4, -0.2) is 36.5 Å². The monoisotopic (exact) mass is 318 g/mol. The van der Waals surface area contributed by atoms with Gasteiger partial charge < -0.3 is 4.74 Å². The molecule has 2 nitrogen and oxygen atoms in total. The Bertz CT molecular complexity index is 395. The minimum atomic E-state index is -6.83. The van der Waals surface area contributed by atoms with Crippen molar-refractivity contribution in [3.63, 3.8) is 0 Å². The Kier molecular flexibility index (Phi) is 4.80. The van der Waals surface area contributed by atoms with Crippen LogP contribution in [0.15, 0.2) is 12.2 Å². The van der Waals surface area contributed by atoms with E-state index in [-0.39, 0.29) is 0 Å². The fourth-order valence-corrected chi connectivity index (χ4v) is 0.863. The SMILES string of the molecule is C=C(C)C(=O)OCC(F)(C(F)(F)F)C(F)(F)C(F)(F)F. The summed E-state index contributed by atoms with van der Waals surface area (Å²) in [4.78, 5) is 10.7. The highest BCUT2D eigenvalue weighted by molar-refractivity contribution is 5.86. The molecule has 0 N–H and O–H groups in total. The van der Waals surface area contributed by atoms with Gasteiger partial charge in [-0.3, -0.25) is 0 Å². The molecule has 0 saturated heterocycles. The highest BCUT2D eigenvalue weighted by Gasteiger charge is 2.81. The number of alkyl halides is 9. The van der Waals surface area contributed by atoms with E-state index in [9.17, 15) is 44.3 Å². The van der Waals surface area contributed by atoms with Gasteiger partial charge in [-0.1, -0.05) is 6.58 Å². The van der Waals surface area contributed by atoms with Gasteiger partial charge >= 0.3 is 29.9 Å². The Morgan fingerprint density at radius 1 is 0.950 bits per heavy atom. The van der Waals surface area contributed by atoms with Gasteiger partial charge in [0.25, 0.3) is 0 Å². The molecule has 1 atom stereocenters. The van der Waals surface area contributed by atoms with Crippen molar-refractivity contribution in [1.29, 1.82) is 0 Å². The molecule has 0 rings (SSSR count). The van der Waals surface area contributed by atoms with Gasteiger partial charge in [-0.15, -0.1) is 0 Å². The van der Waals surface area contributed by atoms with Gasteiger partial charge in [-0.25, -0.2) is 9.18 Å². The van der Waals surface area contributed by atoms with E-state index in [4.69, 9.17) is 0 Å². The molecule has 0 aliphatic carbocycles. The molecule has 0 aromatic carbocycles. The van der Waals surface area contributed by atoms with Gasteiger partial charge in [0.15, 0.2) is 0 Å². The second kappa shape index (κ2) is 5.17. The third-order valence-corrected chi connectivity index (χ3v) is 2.05. The second-order valence-electron chi connectivity index (χ2n) is 3.73. The van der Waals surface area contributed by atoms with Gasteiger partial charge in [0.2, 0.25) is 0 Å². The van der Waals surface area contributed by atoms with Crippen molar-refractivity contribution in [3.8, 4) is 0 Å². The zero-order chi connectivity index (χ0) is 16.6. The first-order valence-corrected chi connectivity index (χ1v) is 4.60. The summed E-state index contributed by atoms with van der Waals surface area (Å²) >= 11 is 0. The Morgan fingerprint density at radius 3 is 1.60 bits per heavy atom. The number of hydrogen-bond acceptors (Lipinski definition) is 2. The lowest BCUT2D eigenvalue weighted by Gasteiger charge is -2.35. The third kappa shape index (κ3) is 3.18. The number of carbonyl (C=O) groups is 1. The Morgan fingerprint density at radius 2 is 1.35 bits per heavy atom. The van der Waals surface area contributed by atoms with E-state index < -0.39 is 42.1 Å². The van der Waals surface area contributed by atoms with Crippen LogP contribution in [0, 0.1) is 0 Å². The van der Waals surface area contributed by atoms with Crippen molar-refractivity contribution in [3.05, 3.63) is 12.2 Å². The maximum absolute atomic E-state index is 13.3. The molecule has 0 heterocycles. The molecule has 0 aliphatic heterocycles.